The smallest absolute Gasteiger partial charge is 0.311 e. The molecule has 11 unspecified atom stereocenters. The highest BCUT2D eigenvalue weighted by atomic mass is 16.6. The standard InChI is InChI=1S/C67H90O9/c1-36-9-13-47-42(29-36)30-37(2)63-52-18-21-56(66(52,7)34-39(4)61(47)63)76-60(72)26-25-58(70)74-54-20-17-51-50-14-10-41-33-45(12-16-46(41)49(50)27-28-65(51,54)6)73-57(69)23-24-59(71)75-55-22-19-53-64-38(3)31-43-32-44(68)11-15-48(43)62(64)40(5)35-67(53,55)8/h12,16,29,32-33,37-40,47-56,61-64H,1,9-11,13-15,17-28,30-31,34-35H2,2-8H3/t37-,38-,39+,40+,47?,48?,49?,50?,51?,52?,53?,54+,55+,56+,61?,62?,63?,64?,65+,66+,67+/m1/s1. The highest BCUT2D eigenvalue weighted by molar-refractivity contribution is 5.91. The molecule has 0 radical (unpaired) electrons. The minimum atomic E-state index is -0.414. The second-order valence-corrected chi connectivity index (χ2v) is 28.6. The monoisotopic (exact) mass is 1040 g/mol. The van der Waals surface area contributed by atoms with Gasteiger partial charge in [-0.1, -0.05) is 83.9 Å². The topological polar surface area (TPSA) is 122 Å². The number of hydrogen-bond acceptors (Lipinski definition) is 9. The van der Waals surface area contributed by atoms with Crippen LogP contribution >= 0.6 is 0 Å². The Bertz CT molecular complexity index is 2590. The van der Waals surface area contributed by atoms with E-state index in [2.05, 4.69) is 67.2 Å². The Morgan fingerprint density at radius 2 is 1.05 bits per heavy atom. The molecule has 11 aliphatic rings. The molecule has 9 heteroatoms. The molecule has 0 spiro atoms. The predicted octanol–water partition coefficient (Wildman–Crippen LogP) is 14.0. The van der Waals surface area contributed by atoms with Crippen LogP contribution in [0, 0.1) is 99.1 Å². The molecular weight excluding hydrogens is 949 g/mol. The first kappa shape index (κ1) is 52.7. The fourth-order valence-corrected chi connectivity index (χ4v) is 21.7. The zero-order valence-corrected chi connectivity index (χ0v) is 47.2. The molecule has 0 saturated heterocycles. The van der Waals surface area contributed by atoms with Crippen molar-refractivity contribution < 1.29 is 42.9 Å². The van der Waals surface area contributed by atoms with Crippen LogP contribution in [0.5, 0.6) is 5.75 Å². The number of rotatable bonds is 10. The Hall–Kier alpha value is -4.01. The molecule has 9 nitrogen and oxygen atoms in total. The summed E-state index contributed by atoms with van der Waals surface area (Å²) >= 11 is 0. The molecule has 8 saturated carbocycles. The van der Waals surface area contributed by atoms with Gasteiger partial charge in [-0.3, -0.25) is 24.0 Å². The minimum absolute atomic E-state index is 0.00714. The van der Waals surface area contributed by atoms with Gasteiger partial charge in [-0.25, -0.2) is 0 Å². The Labute approximate surface area is 454 Å². The van der Waals surface area contributed by atoms with Crippen molar-refractivity contribution in [2.24, 2.45) is 99.1 Å². The van der Waals surface area contributed by atoms with Crippen molar-refractivity contribution in [2.75, 3.05) is 0 Å². The van der Waals surface area contributed by atoms with Crippen LogP contribution in [0.3, 0.4) is 0 Å². The lowest BCUT2D eigenvalue weighted by Gasteiger charge is -2.58. The number of ether oxygens (including phenoxy) is 4. The van der Waals surface area contributed by atoms with Gasteiger partial charge in [-0.15, -0.1) is 0 Å². The molecule has 11 aliphatic carbocycles. The summed E-state index contributed by atoms with van der Waals surface area (Å²) in [4.78, 5) is 66.2. The van der Waals surface area contributed by atoms with E-state index in [0.717, 1.165) is 96.3 Å². The second kappa shape index (κ2) is 20.0. The van der Waals surface area contributed by atoms with Gasteiger partial charge in [0.1, 0.15) is 24.1 Å². The number of carbonyl (C=O) groups excluding carboxylic acids is 5. The number of benzene rings is 1. The zero-order chi connectivity index (χ0) is 53.2. The van der Waals surface area contributed by atoms with Crippen molar-refractivity contribution >= 4 is 29.7 Å². The molecule has 0 aromatic heterocycles. The van der Waals surface area contributed by atoms with Gasteiger partial charge in [-0.2, -0.15) is 0 Å². The fourth-order valence-electron chi connectivity index (χ4n) is 21.7. The van der Waals surface area contributed by atoms with Gasteiger partial charge in [0.05, 0.1) is 25.7 Å². The predicted molar refractivity (Wildman–Crippen MR) is 291 cm³/mol. The van der Waals surface area contributed by atoms with E-state index in [-0.39, 0.29) is 78.1 Å². The van der Waals surface area contributed by atoms with E-state index in [0.29, 0.717) is 107 Å². The van der Waals surface area contributed by atoms with E-state index < -0.39 is 5.97 Å². The normalized spacial score (nSPS) is 44.6. The zero-order valence-electron chi connectivity index (χ0n) is 47.2. The van der Waals surface area contributed by atoms with Gasteiger partial charge in [-0.05, 0) is 227 Å². The quantitative estimate of drug-likeness (QED) is 0.128. The third-order valence-corrected chi connectivity index (χ3v) is 24.6. The van der Waals surface area contributed by atoms with Crippen LogP contribution in [0.15, 0.2) is 53.6 Å². The van der Waals surface area contributed by atoms with Crippen molar-refractivity contribution in [3.63, 3.8) is 0 Å². The van der Waals surface area contributed by atoms with E-state index in [1.54, 1.807) is 5.57 Å². The van der Waals surface area contributed by atoms with E-state index in [4.69, 9.17) is 18.9 Å². The SMILES string of the molecule is C=C1C=C2C[C@@H](C)C3C(C2CC1)[C@@H](C)C[C@@]1(C)C3CC[C@@H]1OC(=O)CCC(=O)O[C@H]1CCC2C3CCc4cc(OC(=O)CCC(=O)O[C@H]5CCC6C7C(C8CCC(=O)C=C8C[C@H]7C)[C@@H](C)C[C@@]65C)ccc4C3CC[C@@]21C. The molecule has 12 rings (SSSR count). The van der Waals surface area contributed by atoms with E-state index in [1.165, 1.54) is 35.1 Å². The largest absolute Gasteiger partial charge is 0.462 e. The van der Waals surface area contributed by atoms with E-state index in [1.807, 2.05) is 18.2 Å². The molecule has 21 atom stereocenters. The summed E-state index contributed by atoms with van der Waals surface area (Å²) in [6.45, 7) is 21.1. The molecule has 8 fully saturated rings. The Morgan fingerprint density at radius 3 is 1.63 bits per heavy atom. The lowest BCUT2D eigenvalue weighted by molar-refractivity contribution is -0.167. The number of hydrogen-bond donors (Lipinski definition) is 0. The van der Waals surface area contributed by atoms with Gasteiger partial charge >= 0.3 is 23.9 Å². The number of ketones is 1. The molecule has 76 heavy (non-hydrogen) atoms. The van der Waals surface area contributed by atoms with Crippen molar-refractivity contribution in [3.8, 4) is 5.75 Å². The summed E-state index contributed by atoms with van der Waals surface area (Å²) in [6.07, 6.45) is 22.2. The van der Waals surface area contributed by atoms with Crippen LogP contribution in [0.1, 0.15) is 200 Å². The average molecular weight is 1040 g/mol. The number of fused-ring (bicyclic) bond motifs is 15. The van der Waals surface area contributed by atoms with Crippen molar-refractivity contribution in [1.82, 2.24) is 0 Å². The van der Waals surface area contributed by atoms with Crippen LogP contribution < -0.4 is 4.74 Å². The number of carbonyl (C=O) groups is 5. The van der Waals surface area contributed by atoms with Crippen LogP contribution in [-0.2, 0) is 44.6 Å². The van der Waals surface area contributed by atoms with Crippen LogP contribution in [0.4, 0.5) is 0 Å². The lowest BCUT2D eigenvalue weighted by Crippen LogP contribution is -2.54. The Morgan fingerprint density at radius 1 is 0.539 bits per heavy atom. The Balaban J connectivity index is 0.597. The molecule has 0 aliphatic heterocycles. The molecule has 0 N–H and O–H groups in total. The summed E-state index contributed by atoms with van der Waals surface area (Å²) in [5, 5.41) is 0. The van der Waals surface area contributed by atoms with Gasteiger partial charge in [0.2, 0.25) is 0 Å². The first-order chi connectivity index (χ1) is 36.3. The summed E-state index contributed by atoms with van der Waals surface area (Å²) < 4.78 is 24.9. The van der Waals surface area contributed by atoms with Gasteiger partial charge < -0.3 is 18.9 Å². The second-order valence-electron chi connectivity index (χ2n) is 28.6. The molecule has 1 aromatic carbocycles. The number of esters is 4. The van der Waals surface area contributed by atoms with E-state index in [9.17, 15) is 24.0 Å². The maximum absolute atomic E-state index is 13.6. The van der Waals surface area contributed by atoms with Gasteiger partial charge in [0.25, 0.3) is 0 Å². The third kappa shape index (κ3) is 8.94. The highest BCUT2D eigenvalue weighted by Crippen LogP contribution is 2.68. The molecule has 0 bridgehead atoms. The van der Waals surface area contributed by atoms with Crippen molar-refractivity contribution in [1.29, 1.82) is 0 Å². The van der Waals surface area contributed by atoms with Crippen LogP contribution in [0.2, 0.25) is 0 Å². The molecular formula is C67H90O9. The molecule has 1 aromatic rings. The van der Waals surface area contributed by atoms with Crippen LogP contribution in [0.25, 0.3) is 0 Å². The lowest BCUT2D eigenvalue weighted by atomic mass is 9.47. The fraction of sp³-hybridized carbons (Fsp3) is 0.746. The summed E-state index contributed by atoms with van der Waals surface area (Å²) in [5.74, 6) is 7.89. The average Bonchev–Trinajstić information content (AvgIpc) is 4.14. The van der Waals surface area contributed by atoms with Crippen molar-refractivity contribution in [2.45, 2.75) is 214 Å². The van der Waals surface area contributed by atoms with Crippen molar-refractivity contribution in [3.05, 3.63) is 64.8 Å². The summed E-state index contributed by atoms with van der Waals surface area (Å²) in [5.41, 5.74) is 6.70. The maximum Gasteiger partial charge on any atom is 0.311 e. The highest BCUT2D eigenvalue weighted by Gasteiger charge is 2.63. The first-order valence-electron chi connectivity index (χ1n) is 30.9. The summed E-state index contributed by atoms with van der Waals surface area (Å²) in [7, 11) is 0. The van der Waals surface area contributed by atoms with Gasteiger partial charge in [0.15, 0.2) is 5.78 Å². The third-order valence-electron chi connectivity index (χ3n) is 24.6. The van der Waals surface area contributed by atoms with Gasteiger partial charge in [0, 0.05) is 22.7 Å². The number of aryl methyl sites for hydroxylation is 1. The minimum Gasteiger partial charge on any atom is -0.462 e. The molecule has 412 valence electrons. The maximum atomic E-state index is 13.6. The summed E-state index contributed by atoms with van der Waals surface area (Å²) in [6, 6.07) is 6.14. The van der Waals surface area contributed by atoms with E-state index >= 15 is 0 Å². The molecule has 0 amide bonds. The first-order valence-corrected chi connectivity index (χ1v) is 30.9. The van der Waals surface area contributed by atoms with Crippen LogP contribution in [-0.4, -0.2) is 48.0 Å². The Kier molecular flexibility index (Phi) is 13.8. The number of allylic oxidation sites excluding steroid dienone is 4. The molecule has 0 heterocycles.